The fourth-order valence-corrected chi connectivity index (χ4v) is 1.28. The number of carbonyl (C=O) groups excluding carboxylic acids is 1. The minimum absolute atomic E-state index is 0.0926. The number of ether oxygens (including phenoxy) is 1. The number of carbonyl (C=O) groups is 1. The van der Waals surface area contributed by atoms with Gasteiger partial charge in [-0.2, -0.15) is 0 Å². The first-order valence-electron chi connectivity index (χ1n) is 4.10. The van der Waals surface area contributed by atoms with Gasteiger partial charge in [-0.25, -0.2) is 4.79 Å². The van der Waals surface area contributed by atoms with Crippen LogP contribution in [0.25, 0.3) is 11.0 Å². The number of hydrogen-bond donors (Lipinski definition) is 3. The van der Waals surface area contributed by atoms with E-state index < -0.39 is 17.2 Å². The van der Waals surface area contributed by atoms with Gasteiger partial charge in [0.05, 0.1) is 0 Å². The van der Waals surface area contributed by atoms with Crippen LogP contribution >= 0.6 is 0 Å². The standard InChI is InChI=1S/C8H7N3O4/c1-3(12)15-4-2-9-6-5(4)7(13)11-8(14)10-6/h2H,1H3,(H3,9,10,11,13,14). The number of fused-ring (bicyclic) bond motifs is 1. The Kier molecular flexibility index (Phi) is 1.93. The van der Waals surface area contributed by atoms with E-state index >= 15 is 0 Å². The van der Waals surface area contributed by atoms with E-state index in [0.29, 0.717) is 0 Å². The summed E-state index contributed by atoms with van der Waals surface area (Å²) in [5, 5.41) is 0.116. The van der Waals surface area contributed by atoms with E-state index in [4.69, 9.17) is 4.74 Å². The van der Waals surface area contributed by atoms with E-state index in [-0.39, 0.29) is 16.8 Å². The van der Waals surface area contributed by atoms with Gasteiger partial charge in [0, 0.05) is 13.1 Å². The Morgan fingerprint density at radius 2 is 2.07 bits per heavy atom. The van der Waals surface area contributed by atoms with Crippen LogP contribution in [-0.2, 0) is 4.79 Å². The molecule has 0 saturated carbocycles. The molecule has 0 atom stereocenters. The van der Waals surface area contributed by atoms with Crippen molar-refractivity contribution in [2.45, 2.75) is 6.92 Å². The molecule has 0 aromatic carbocycles. The minimum Gasteiger partial charge on any atom is -0.424 e. The van der Waals surface area contributed by atoms with Gasteiger partial charge in [-0.3, -0.25) is 19.6 Å². The predicted molar refractivity (Wildman–Crippen MR) is 50.8 cm³/mol. The van der Waals surface area contributed by atoms with E-state index in [1.54, 1.807) is 0 Å². The van der Waals surface area contributed by atoms with Gasteiger partial charge in [0.2, 0.25) is 0 Å². The largest absolute Gasteiger partial charge is 0.424 e. The fourth-order valence-electron chi connectivity index (χ4n) is 1.28. The van der Waals surface area contributed by atoms with Crippen LogP contribution in [0.1, 0.15) is 6.92 Å². The highest BCUT2D eigenvalue weighted by Crippen LogP contribution is 2.18. The Labute approximate surface area is 82.1 Å². The molecule has 0 aliphatic carbocycles. The number of H-pyrrole nitrogens is 3. The van der Waals surface area contributed by atoms with E-state index in [0.717, 1.165) is 0 Å². The van der Waals surface area contributed by atoms with Crippen LogP contribution in [-0.4, -0.2) is 20.9 Å². The van der Waals surface area contributed by atoms with Crippen molar-refractivity contribution in [3.05, 3.63) is 27.0 Å². The van der Waals surface area contributed by atoms with Crippen LogP contribution in [0.3, 0.4) is 0 Å². The number of rotatable bonds is 1. The third-order valence-electron chi connectivity index (χ3n) is 1.79. The van der Waals surface area contributed by atoms with E-state index in [9.17, 15) is 14.4 Å². The van der Waals surface area contributed by atoms with Crippen LogP contribution in [0.2, 0.25) is 0 Å². The molecule has 0 aliphatic heterocycles. The summed E-state index contributed by atoms with van der Waals surface area (Å²) in [6.07, 6.45) is 1.33. The van der Waals surface area contributed by atoms with Crippen LogP contribution in [0.4, 0.5) is 0 Å². The molecule has 0 aliphatic rings. The fraction of sp³-hybridized carbons (Fsp3) is 0.125. The van der Waals surface area contributed by atoms with Crippen LogP contribution in [0, 0.1) is 0 Å². The molecule has 2 heterocycles. The maximum atomic E-state index is 11.4. The molecule has 3 N–H and O–H groups in total. The van der Waals surface area contributed by atoms with Crippen molar-refractivity contribution in [3.63, 3.8) is 0 Å². The SMILES string of the molecule is CC(=O)Oc1c[nH]c2[nH]c(=O)[nH]c(=O)c12. The lowest BCUT2D eigenvalue weighted by Gasteiger charge is -1.96. The van der Waals surface area contributed by atoms with Crippen molar-refractivity contribution in [1.82, 2.24) is 15.0 Å². The molecule has 7 heteroatoms. The number of aromatic nitrogens is 3. The molecule has 2 aromatic rings. The van der Waals surface area contributed by atoms with Crippen LogP contribution in [0.5, 0.6) is 5.75 Å². The molecule has 0 radical (unpaired) electrons. The minimum atomic E-state index is -0.622. The number of nitrogens with one attached hydrogen (secondary N) is 3. The highest BCUT2D eigenvalue weighted by atomic mass is 16.5. The first-order chi connectivity index (χ1) is 7.08. The van der Waals surface area contributed by atoms with E-state index in [1.807, 2.05) is 4.98 Å². The second-order valence-electron chi connectivity index (χ2n) is 2.90. The van der Waals surface area contributed by atoms with Gasteiger partial charge in [-0.15, -0.1) is 0 Å². The maximum absolute atomic E-state index is 11.4. The maximum Gasteiger partial charge on any atom is 0.327 e. The highest BCUT2D eigenvalue weighted by Gasteiger charge is 2.11. The summed E-state index contributed by atoms with van der Waals surface area (Å²) in [5.74, 6) is -0.448. The molecule has 78 valence electrons. The lowest BCUT2D eigenvalue weighted by Crippen LogP contribution is -2.21. The van der Waals surface area contributed by atoms with E-state index in [2.05, 4.69) is 9.97 Å². The Balaban J connectivity index is 2.74. The zero-order valence-electron chi connectivity index (χ0n) is 7.71. The Hall–Kier alpha value is -2.31. The van der Waals surface area contributed by atoms with Gasteiger partial charge < -0.3 is 9.72 Å². The first kappa shape index (κ1) is 9.25. The lowest BCUT2D eigenvalue weighted by molar-refractivity contribution is -0.131. The van der Waals surface area contributed by atoms with Crippen LogP contribution < -0.4 is 16.0 Å². The van der Waals surface area contributed by atoms with E-state index in [1.165, 1.54) is 13.1 Å². The number of esters is 1. The summed E-state index contributed by atoms with van der Waals surface area (Å²) in [5.41, 5.74) is -1.00. The third-order valence-corrected chi connectivity index (χ3v) is 1.79. The zero-order valence-corrected chi connectivity index (χ0v) is 7.71. The summed E-state index contributed by atoms with van der Waals surface area (Å²) in [7, 11) is 0. The van der Waals surface area contributed by atoms with Crippen molar-refractivity contribution < 1.29 is 9.53 Å². The van der Waals surface area contributed by atoms with Gasteiger partial charge >= 0.3 is 11.7 Å². The quantitative estimate of drug-likeness (QED) is 0.548. The van der Waals surface area contributed by atoms with Gasteiger partial charge in [-0.1, -0.05) is 0 Å². The Morgan fingerprint density at radius 1 is 1.33 bits per heavy atom. The lowest BCUT2D eigenvalue weighted by atomic mass is 10.4. The topological polar surface area (TPSA) is 108 Å². The molecule has 0 unspecified atom stereocenters. The smallest absolute Gasteiger partial charge is 0.327 e. The first-order valence-corrected chi connectivity index (χ1v) is 4.10. The third kappa shape index (κ3) is 1.54. The van der Waals surface area contributed by atoms with Crippen molar-refractivity contribution in [1.29, 1.82) is 0 Å². The second kappa shape index (κ2) is 3.12. The second-order valence-corrected chi connectivity index (χ2v) is 2.90. The highest BCUT2D eigenvalue weighted by molar-refractivity contribution is 5.84. The number of aromatic amines is 3. The molecule has 15 heavy (non-hydrogen) atoms. The molecule has 2 rings (SSSR count). The molecule has 0 saturated heterocycles. The summed E-state index contributed by atoms with van der Waals surface area (Å²) < 4.78 is 4.78. The molecular weight excluding hydrogens is 202 g/mol. The molecular formula is C8H7N3O4. The molecule has 0 amide bonds. The normalized spacial score (nSPS) is 10.5. The molecule has 2 aromatic heterocycles. The average molecular weight is 209 g/mol. The summed E-state index contributed by atoms with van der Waals surface area (Å²) in [6, 6.07) is 0. The van der Waals surface area contributed by atoms with Crippen molar-refractivity contribution in [3.8, 4) is 5.75 Å². The average Bonchev–Trinajstić information content (AvgIpc) is 2.46. The monoisotopic (exact) mass is 209 g/mol. The zero-order chi connectivity index (χ0) is 11.0. The molecule has 0 bridgehead atoms. The van der Waals surface area contributed by atoms with Gasteiger partial charge in [-0.05, 0) is 0 Å². The van der Waals surface area contributed by atoms with Crippen molar-refractivity contribution in [2.75, 3.05) is 0 Å². The predicted octanol–water partition coefficient (Wildman–Crippen LogP) is -0.530. The Morgan fingerprint density at radius 3 is 2.73 bits per heavy atom. The van der Waals surface area contributed by atoms with Gasteiger partial charge in [0.25, 0.3) is 5.56 Å². The summed E-state index contributed by atoms with van der Waals surface area (Å²) in [6.45, 7) is 1.22. The number of hydrogen-bond acceptors (Lipinski definition) is 4. The van der Waals surface area contributed by atoms with Crippen molar-refractivity contribution >= 4 is 17.0 Å². The summed E-state index contributed by atoms with van der Waals surface area (Å²) >= 11 is 0. The molecule has 7 nitrogen and oxygen atoms in total. The Bertz CT molecular complexity index is 633. The molecule has 0 fully saturated rings. The molecule has 0 spiro atoms. The van der Waals surface area contributed by atoms with Crippen molar-refractivity contribution in [2.24, 2.45) is 0 Å². The van der Waals surface area contributed by atoms with Gasteiger partial charge in [0.1, 0.15) is 11.0 Å². The van der Waals surface area contributed by atoms with Crippen LogP contribution in [0.15, 0.2) is 15.8 Å². The summed E-state index contributed by atoms with van der Waals surface area (Å²) in [4.78, 5) is 40.0. The van der Waals surface area contributed by atoms with Gasteiger partial charge in [0.15, 0.2) is 5.75 Å².